The normalized spacial score (nSPS) is 25.0. The highest BCUT2D eigenvalue weighted by Crippen LogP contribution is 2.26. The lowest BCUT2D eigenvalue weighted by atomic mass is 10.0. The predicted octanol–water partition coefficient (Wildman–Crippen LogP) is 1.29. The van der Waals surface area contributed by atoms with Crippen LogP contribution in [0.5, 0.6) is 0 Å². The number of fused-ring (bicyclic) bond motifs is 1. The number of hydrogen-bond acceptors (Lipinski definition) is 7. The number of carbonyl (C=O) groups is 5. The molecule has 1 unspecified atom stereocenters. The lowest BCUT2D eigenvalue weighted by Crippen LogP contribution is -2.64. The van der Waals surface area contributed by atoms with Gasteiger partial charge in [-0.3, -0.25) is 29.0 Å². The fourth-order valence-electron chi connectivity index (χ4n) is 5.07. The van der Waals surface area contributed by atoms with E-state index in [1.165, 1.54) is 10.0 Å². The van der Waals surface area contributed by atoms with Crippen LogP contribution in [0.1, 0.15) is 48.0 Å². The molecule has 0 bridgehead atoms. The minimum absolute atomic E-state index is 0.0523. The first-order chi connectivity index (χ1) is 18.9. The second-order valence-corrected chi connectivity index (χ2v) is 9.76. The van der Waals surface area contributed by atoms with Crippen LogP contribution in [0.4, 0.5) is 0 Å². The van der Waals surface area contributed by atoms with E-state index in [0.29, 0.717) is 24.9 Å². The Hall–Kier alpha value is -4.25. The molecule has 3 heterocycles. The maximum Gasteiger partial charge on any atom is 0.310 e. The summed E-state index contributed by atoms with van der Waals surface area (Å²) < 4.78 is 11.1. The third-order valence-electron chi connectivity index (χ3n) is 7.05. The number of benzene rings is 2. The summed E-state index contributed by atoms with van der Waals surface area (Å²) in [7, 11) is 0. The summed E-state index contributed by atoms with van der Waals surface area (Å²) in [6.45, 7) is 0.478. The van der Waals surface area contributed by atoms with Gasteiger partial charge in [-0.05, 0) is 37.0 Å². The molecule has 2 aromatic carbocycles. The molecule has 204 valence electrons. The number of esters is 1. The van der Waals surface area contributed by atoms with Gasteiger partial charge in [0.25, 0.3) is 11.8 Å². The van der Waals surface area contributed by atoms with Crippen molar-refractivity contribution in [2.75, 3.05) is 6.54 Å². The molecule has 5 rings (SSSR count). The molecule has 2 aromatic rings. The first kappa shape index (κ1) is 26.4. The van der Waals surface area contributed by atoms with Crippen LogP contribution < -0.4 is 10.6 Å². The van der Waals surface area contributed by atoms with Crippen molar-refractivity contribution in [3.05, 3.63) is 71.8 Å². The van der Waals surface area contributed by atoms with Crippen molar-refractivity contribution in [2.24, 2.45) is 0 Å². The average molecular weight is 535 g/mol. The third kappa shape index (κ3) is 5.93. The Morgan fingerprint density at radius 3 is 2.41 bits per heavy atom. The van der Waals surface area contributed by atoms with Crippen molar-refractivity contribution >= 4 is 29.6 Å². The third-order valence-corrected chi connectivity index (χ3v) is 7.05. The number of carbonyl (C=O) groups excluding carboxylic acids is 5. The van der Waals surface area contributed by atoms with Crippen LogP contribution in [0.3, 0.4) is 0 Å². The highest BCUT2D eigenvalue weighted by atomic mass is 16.7. The Labute approximate surface area is 225 Å². The summed E-state index contributed by atoms with van der Waals surface area (Å²) >= 11 is 0. The van der Waals surface area contributed by atoms with E-state index in [1.807, 2.05) is 30.3 Å². The van der Waals surface area contributed by atoms with Crippen LogP contribution in [0.25, 0.3) is 0 Å². The molecule has 39 heavy (non-hydrogen) atoms. The molecular weight excluding hydrogens is 504 g/mol. The Kier molecular flexibility index (Phi) is 7.87. The summed E-state index contributed by atoms with van der Waals surface area (Å²) in [6, 6.07) is 15.1. The van der Waals surface area contributed by atoms with Crippen LogP contribution in [-0.4, -0.2) is 70.6 Å². The van der Waals surface area contributed by atoms with E-state index >= 15 is 0 Å². The Morgan fingerprint density at radius 2 is 1.67 bits per heavy atom. The van der Waals surface area contributed by atoms with Crippen LogP contribution in [0.2, 0.25) is 0 Å². The Balaban J connectivity index is 1.29. The quantitative estimate of drug-likeness (QED) is 0.511. The molecule has 11 nitrogen and oxygen atoms in total. The van der Waals surface area contributed by atoms with E-state index < -0.39 is 48.1 Å². The summed E-state index contributed by atoms with van der Waals surface area (Å²) in [5.41, 5.74) is 1.27. The van der Waals surface area contributed by atoms with Gasteiger partial charge in [0.2, 0.25) is 18.1 Å². The minimum atomic E-state index is -0.991. The summed E-state index contributed by atoms with van der Waals surface area (Å²) in [5, 5.41) is 8.03. The first-order valence-electron chi connectivity index (χ1n) is 13.1. The maximum atomic E-state index is 13.7. The van der Waals surface area contributed by atoms with Gasteiger partial charge < -0.3 is 20.1 Å². The largest absolute Gasteiger partial charge is 0.433 e. The standard InChI is InChI=1S/C28H30N4O7/c33-23-14-13-20(29-25(35)19-10-5-2-6-11-19)27(37)32-22(12-7-15-31(23)32)26(36)30-21-16-24(34)39-28(21)38-17-18-8-3-1-4-9-18/h1-6,8-11,20-22,28H,7,12-17H2,(H,29,35)(H,30,36)/t20-,21-,22-,28?/m0/s1. The van der Waals surface area contributed by atoms with Crippen molar-refractivity contribution in [1.29, 1.82) is 0 Å². The molecule has 0 spiro atoms. The molecular formula is C28H30N4O7. The molecule has 11 heteroatoms. The maximum absolute atomic E-state index is 13.7. The van der Waals surface area contributed by atoms with Crippen molar-refractivity contribution in [2.45, 2.75) is 63.1 Å². The van der Waals surface area contributed by atoms with E-state index in [2.05, 4.69) is 10.6 Å². The van der Waals surface area contributed by atoms with Crippen molar-refractivity contribution < 1.29 is 33.4 Å². The number of hydrazine groups is 1. The fourth-order valence-corrected chi connectivity index (χ4v) is 5.07. The summed E-state index contributed by atoms with van der Waals surface area (Å²) in [6.07, 6.45) is -0.0555. The first-order valence-corrected chi connectivity index (χ1v) is 13.1. The minimum Gasteiger partial charge on any atom is -0.433 e. The van der Waals surface area contributed by atoms with Crippen molar-refractivity contribution in [3.8, 4) is 0 Å². The van der Waals surface area contributed by atoms with E-state index in [1.54, 1.807) is 30.3 Å². The van der Waals surface area contributed by atoms with E-state index in [0.717, 1.165) is 5.56 Å². The molecule has 3 aliphatic rings. The average Bonchev–Trinajstić information content (AvgIpc) is 3.26. The van der Waals surface area contributed by atoms with E-state index in [-0.39, 0.29) is 31.8 Å². The van der Waals surface area contributed by atoms with Crippen LogP contribution in [-0.2, 0) is 35.3 Å². The Morgan fingerprint density at radius 1 is 0.949 bits per heavy atom. The highest BCUT2D eigenvalue weighted by molar-refractivity contribution is 5.99. The smallest absolute Gasteiger partial charge is 0.310 e. The van der Waals surface area contributed by atoms with Gasteiger partial charge in [0.05, 0.1) is 13.0 Å². The number of nitrogens with zero attached hydrogens (tertiary/aromatic N) is 2. The van der Waals surface area contributed by atoms with Gasteiger partial charge in [0.15, 0.2) is 0 Å². The molecule has 0 radical (unpaired) electrons. The van der Waals surface area contributed by atoms with Crippen LogP contribution >= 0.6 is 0 Å². The van der Waals surface area contributed by atoms with Gasteiger partial charge in [-0.2, -0.15) is 0 Å². The number of amides is 4. The van der Waals surface area contributed by atoms with E-state index in [4.69, 9.17) is 9.47 Å². The van der Waals surface area contributed by atoms with Gasteiger partial charge in [0.1, 0.15) is 18.1 Å². The van der Waals surface area contributed by atoms with Crippen molar-refractivity contribution in [1.82, 2.24) is 20.7 Å². The predicted molar refractivity (Wildman–Crippen MR) is 136 cm³/mol. The van der Waals surface area contributed by atoms with Gasteiger partial charge >= 0.3 is 5.97 Å². The van der Waals surface area contributed by atoms with Crippen LogP contribution in [0, 0.1) is 0 Å². The summed E-state index contributed by atoms with van der Waals surface area (Å²) in [5.74, 6) is -2.28. The zero-order chi connectivity index (χ0) is 27.4. The molecule has 0 aliphatic carbocycles. The lowest BCUT2D eigenvalue weighted by molar-refractivity contribution is -0.177. The molecule has 3 fully saturated rings. The zero-order valence-electron chi connectivity index (χ0n) is 21.3. The number of cyclic esters (lactones) is 1. The molecule has 4 atom stereocenters. The number of ether oxygens (including phenoxy) is 2. The molecule has 4 amide bonds. The second-order valence-electron chi connectivity index (χ2n) is 9.76. The topological polar surface area (TPSA) is 134 Å². The molecule has 0 aromatic heterocycles. The van der Waals surface area contributed by atoms with Crippen LogP contribution in [0.15, 0.2) is 60.7 Å². The fraction of sp³-hybridized carbons (Fsp3) is 0.393. The monoisotopic (exact) mass is 534 g/mol. The highest BCUT2D eigenvalue weighted by Gasteiger charge is 2.46. The lowest BCUT2D eigenvalue weighted by Gasteiger charge is -2.43. The van der Waals surface area contributed by atoms with E-state index in [9.17, 15) is 24.0 Å². The molecule has 3 saturated heterocycles. The SMILES string of the molecule is O=C1C[C@H](NC(=O)[C@@H]2CCCN3C(=O)CC[C@H](NC(=O)c4ccccc4)C(=O)N23)C(OCc2ccccc2)O1. The van der Waals surface area contributed by atoms with Gasteiger partial charge in [-0.15, -0.1) is 0 Å². The van der Waals surface area contributed by atoms with Gasteiger partial charge in [-0.1, -0.05) is 48.5 Å². The zero-order valence-corrected chi connectivity index (χ0v) is 21.3. The molecule has 2 N–H and O–H groups in total. The second kappa shape index (κ2) is 11.6. The number of hydrogen-bond donors (Lipinski definition) is 2. The molecule has 0 saturated carbocycles. The van der Waals surface area contributed by atoms with Crippen molar-refractivity contribution in [3.63, 3.8) is 0 Å². The van der Waals surface area contributed by atoms with Gasteiger partial charge in [-0.25, -0.2) is 5.01 Å². The molecule has 3 aliphatic heterocycles. The number of nitrogens with one attached hydrogen (secondary N) is 2. The Bertz CT molecular complexity index is 1240. The summed E-state index contributed by atoms with van der Waals surface area (Å²) in [4.78, 5) is 64.9. The number of rotatable bonds is 7. The van der Waals surface area contributed by atoms with Gasteiger partial charge in [0, 0.05) is 18.5 Å².